The van der Waals surface area contributed by atoms with E-state index in [4.69, 9.17) is 21.1 Å². The van der Waals surface area contributed by atoms with Crippen LogP contribution in [0, 0.1) is 11.9 Å². The number of carbonyl (C=O) groups is 1. The number of aromatic amines is 1. The molecule has 0 saturated heterocycles. The molecule has 1 aliphatic rings. The van der Waals surface area contributed by atoms with Crippen molar-refractivity contribution in [2.75, 3.05) is 14.2 Å². The lowest BCUT2D eigenvalue weighted by atomic mass is 10.1. The number of amides is 1. The summed E-state index contributed by atoms with van der Waals surface area (Å²) in [5.74, 6) is -0.695. The van der Waals surface area contributed by atoms with Gasteiger partial charge in [0, 0.05) is 29.3 Å². The van der Waals surface area contributed by atoms with Gasteiger partial charge in [0.2, 0.25) is 5.91 Å². The van der Waals surface area contributed by atoms with Gasteiger partial charge in [-0.15, -0.1) is 0 Å². The Morgan fingerprint density at radius 1 is 1.36 bits per heavy atom. The molecule has 8 heteroatoms. The quantitative estimate of drug-likeness (QED) is 0.615. The highest BCUT2D eigenvalue weighted by molar-refractivity contribution is 6.34. The Bertz CT molecular complexity index is 1050. The molecule has 0 bridgehead atoms. The van der Waals surface area contributed by atoms with Crippen LogP contribution in [0.25, 0.3) is 22.2 Å². The summed E-state index contributed by atoms with van der Waals surface area (Å²) in [5.41, 5.74) is 2.69. The van der Waals surface area contributed by atoms with Crippen molar-refractivity contribution in [2.24, 2.45) is 5.92 Å². The highest BCUT2D eigenvalue weighted by Crippen LogP contribution is 2.34. The van der Waals surface area contributed by atoms with Crippen molar-refractivity contribution in [3.05, 3.63) is 47.0 Å². The third-order valence-electron chi connectivity index (χ3n) is 4.90. The van der Waals surface area contributed by atoms with E-state index in [2.05, 4.69) is 15.3 Å². The van der Waals surface area contributed by atoms with Gasteiger partial charge < -0.3 is 19.8 Å². The fourth-order valence-electron chi connectivity index (χ4n) is 3.25. The van der Waals surface area contributed by atoms with E-state index in [1.54, 1.807) is 19.2 Å². The molecule has 0 spiro atoms. The minimum atomic E-state index is -0.694. The predicted octanol–water partition coefficient (Wildman–Crippen LogP) is 3.68. The van der Waals surface area contributed by atoms with Crippen LogP contribution < -0.4 is 10.1 Å². The first kappa shape index (κ1) is 18.7. The van der Waals surface area contributed by atoms with Crippen LogP contribution in [0.4, 0.5) is 4.39 Å². The first-order chi connectivity index (χ1) is 13.5. The lowest BCUT2D eigenvalue weighted by molar-refractivity contribution is -0.123. The Labute approximate surface area is 166 Å². The summed E-state index contributed by atoms with van der Waals surface area (Å²) < 4.78 is 24.0. The van der Waals surface area contributed by atoms with E-state index >= 15 is 0 Å². The van der Waals surface area contributed by atoms with Gasteiger partial charge in [-0.25, -0.2) is 4.98 Å². The number of rotatable bonds is 6. The zero-order chi connectivity index (χ0) is 19.8. The van der Waals surface area contributed by atoms with Crippen molar-refractivity contribution in [1.82, 2.24) is 15.3 Å². The van der Waals surface area contributed by atoms with E-state index in [1.807, 2.05) is 12.1 Å². The van der Waals surface area contributed by atoms with E-state index in [1.165, 1.54) is 13.2 Å². The van der Waals surface area contributed by atoms with Gasteiger partial charge in [0.05, 0.1) is 36.4 Å². The van der Waals surface area contributed by atoms with Gasteiger partial charge in [0.25, 0.3) is 5.95 Å². The standard InChI is InChI=1S/C20H19ClFN3O3/c1-27-17-4-3-15(25-19(17)22)12-7-16-10(6-14(12)21)5-11(24-16)9-23-20(26)13-8-18(13)28-2/h3-7,13,18,24H,8-9H2,1-2H3,(H,23,26)/t13-,18-/m0/s1. The van der Waals surface area contributed by atoms with Gasteiger partial charge in [0.1, 0.15) is 0 Å². The van der Waals surface area contributed by atoms with Crippen molar-refractivity contribution in [3.63, 3.8) is 0 Å². The molecule has 3 aromatic rings. The van der Waals surface area contributed by atoms with Crippen molar-refractivity contribution >= 4 is 28.4 Å². The molecule has 1 saturated carbocycles. The third-order valence-corrected chi connectivity index (χ3v) is 5.21. The number of halogens is 2. The molecule has 2 aromatic heterocycles. The van der Waals surface area contributed by atoms with Gasteiger partial charge in [-0.05, 0) is 36.8 Å². The Hall–Kier alpha value is -2.64. The molecule has 0 unspecified atom stereocenters. The lowest BCUT2D eigenvalue weighted by Gasteiger charge is -2.06. The molecular formula is C20H19ClFN3O3. The summed E-state index contributed by atoms with van der Waals surface area (Å²) in [4.78, 5) is 19.3. The number of nitrogens with one attached hydrogen (secondary N) is 2. The van der Waals surface area contributed by atoms with Gasteiger partial charge in [-0.2, -0.15) is 4.39 Å². The summed E-state index contributed by atoms with van der Waals surface area (Å²) in [7, 11) is 3.00. The lowest BCUT2D eigenvalue weighted by Crippen LogP contribution is -2.25. The Morgan fingerprint density at radius 3 is 2.86 bits per heavy atom. The Kier molecular flexibility index (Phi) is 4.95. The van der Waals surface area contributed by atoms with Crippen LogP contribution in [0.15, 0.2) is 30.3 Å². The molecule has 146 valence electrons. The zero-order valence-corrected chi connectivity index (χ0v) is 16.1. The van der Waals surface area contributed by atoms with Crippen molar-refractivity contribution in [2.45, 2.75) is 19.1 Å². The van der Waals surface area contributed by atoms with Crippen LogP contribution in [0.3, 0.4) is 0 Å². The van der Waals surface area contributed by atoms with E-state index in [-0.39, 0.29) is 23.7 Å². The molecular weight excluding hydrogens is 385 g/mol. The summed E-state index contributed by atoms with van der Waals surface area (Å²) in [6, 6.07) is 8.70. The SMILES string of the molecule is COc1ccc(-c2cc3[nH]c(CNC(=O)[C@H]4C[C@@H]4OC)cc3cc2Cl)nc1F. The van der Waals surface area contributed by atoms with Crippen LogP contribution >= 0.6 is 11.6 Å². The Balaban J connectivity index is 1.55. The second-order valence-corrected chi connectivity index (χ2v) is 7.14. The van der Waals surface area contributed by atoms with Gasteiger partial charge in [-0.1, -0.05) is 11.6 Å². The van der Waals surface area contributed by atoms with Crippen LogP contribution in [-0.4, -0.2) is 36.2 Å². The van der Waals surface area contributed by atoms with Crippen molar-refractivity contribution in [3.8, 4) is 17.0 Å². The predicted molar refractivity (Wildman–Crippen MR) is 104 cm³/mol. The molecule has 28 heavy (non-hydrogen) atoms. The number of fused-ring (bicyclic) bond motifs is 1. The van der Waals surface area contributed by atoms with Crippen LogP contribution in [0.2, 0.25) is 5.02 Å². The number of hydrogen-bond acceptors (Lipinski definition) is 4. The minimum absolute atomic E-state index is 0.0119. The van der Waals surface area contributed by atoms with Crippen LogP contribution in [0.5, 0.6) is 5.75 Å². The number of hydrogen-bond donors (Lipinski definition) is 2. The molecule has 1 aliphatic carbocycles. The number of H-pyrrole nitrogens is 1. The van der Waals surface area contributed by atoms with Gasteiger partial charge in [0.15, 0.2) is 5.75 Å². The monoisotopic (exact) mass is 403 g/mol. The largest absolute Gasteiger partial charge is 0.492 e. The maximum atomic E-state index is 13.9. The zero-order valence-electron chi connectivity index (χ0n) is 15.4. The highest BCUT2D eigenvalue weighted by Gasteiger charge is 2.43. The number of nitrogens with zero attached hydrogens (tertiary/aromatic N) is 1. The minimum Gasteiger partial charge on any atom is -0.492 e. The number of aromatic nitrogens is 2. The molecule has 2 N–H and O–H groups in total. The smallest absolute Gasteiger partial charge is 0.255 e. The van der Waals surface area contributed by atoms with Crippen molar-refractivity contribution < 1.29 is 18.7 Å². The first-order valence-electron chi connectivity index (χ1n) is 8.82. The maximum absolute atomic E-state index is 13.9. The van der Waals surface area contributed by atoms with E-state index in [0.29, 0.717) is 22.8 Å². The number of pyridine rings is 1. The molecule has 2 heterocycles. The van der Waals surface area contributed by atoms with E-state index in [0.717, 1.165) is 23.0 Å². The summed E-state index contributed by atoms with van der Waals surface area (Å²) in [5, 5.41) is 4.26. The molecule has 1 aromatic carbocycles. The second-order valence-electron chi connectivity index (χ2n) is 6.74. The van der Waals surface area contributed by atoms with Gasteiger partial charge in [-0.3, -0.25) is 4.79 Å². The summed E-state index contributed by atoms with van der Waals surface area (Å²) >= 11 is 6.39. The highest BCUT2D eigenvalue weighted by atomic mass is 35.5. The normalized spacial score (nSPS) is 18.3. The molecule has 2 atom stereocenters. The average Bonchev–Trinajstić information content (AvgIpc) is 3.38. The second kappa shape index (κ2) is 7.41. The number of methoxy groups -OCH3 is 2. The maximum Gasteiger partial charge on any atom is 0.255 e. The number of ether oxygens (including phenoxy) is 2. The molecule has 4 rings (SSSR count). The molecule has 6 nitrogen and oxygen atoms in total. The molecule has 0 radical (unpaired) electrons. The number of carbonyl (C=O) groups excluding carboxylic acids is 1. The summed E-state index contributed by atoms with van der Waals surface area (Å²) in [6.45, 7) is 0.378. The van der Waals surface area contributed by atoms with Gasteiger partial charge >= 0.3 is 0 Å². The average molecular weight is 404 g/mol. The Morgan fingerprint density at radius 2 is 2.18 bits per heavy atom. The molecule has 1 fully saturated rings. The van der Waals surface area contributed by atoms with Crippen LogP contribution in [-0.2, 0) is 16.1 Å². The van der Waals surface area contributed by atoms with E-state index < -0.39 is 5.95 Å². The topological polar surface area (TPSA) is 76.2 Å². The summed E-state index contributed by atoms with van der Waals surface area (Å²) in [6.07, 6.45) is 0.792. The molecule has 0 aliphatic heterocycles. The fraction of sp³-hybridized carbons (Fsp3) is 0.300. The molecule has 1 amide bonds. The third kappa shape index (κ3) is 3.55. The first-order valence-corrected chi connectivity index (χ1v) is 9.20. The van der Waals surface area contributed by atoms with E-state index in [9.17, 15) is 9.18 Å². The van der Waals surface area contributed by atoms with Crippen molar-refractivity contribution in [1.29, 1.82) is 0 Å². The fourth-order valence-corrected chi connectivity index (χ4v) is 3.52. The van der Waals surface area contributed by atoms with Crippen LogP contribution in [0.1, 0.15) is 12.1 Å². The number of benzene rings is 1.